The maximum absolute atomic E-state index is 11.5. The van der Waals surface area contributed by atoms with Crippen LogP contribution in [0.15, 0.2) is 42.6 Å². The Morgan fingerprint density at radius 1 is 0.931 bits per heavy atom. The van der Waals surface area contributed by atoms with Crippen molar-refractivity contribution in [3.05, 3.63) is 42.6 Å². The summed E-state index contributed by atoms with van der Waals surface area (Å²) >= 11 is 0. The van der Waals surface area contributed by atoms with Gasteiger partial charge in [0.25, 0.3) is 0 Å². The summed E-state index contributed by atoms with van der Waals surface area (Å²) in [4.78, 5) is 24.7. The standard InChI is InChI=1S/C22H29N5O2/c1-22(2,3)25-12-10-24(11-13-25)17-8-9-20(23-16-17)26-14-15-27(21(28)29)19-7-5-4-6-18(19)26/h4-9,16H,10-15H2,1-3H3,(H,28,29). The molecule has 154 valence electrons. The Labute approximate surface area is 172 Å². The number of hydrogen-bond acceptors (Lipinski definition) is 5. The summed E-state index contributed by atoms with van der Waals surface area (Å²) in [5.41, 5.74) is 2.93. The highest BCUT2D eigenvalue weighted by Crippen LogP contribution is 2.37. The highest BCUT2D eigenvalue weighted by atomic mass is 16.4. The van der Waals surface area contributed by atoms with E-state index in [1.807, 2.05) is 36.5 Å². The first-order chi connectivity index (χ1) is 13.8. The van der Waals surface area contributed by atoms with Gasteiger partial charge in [-0.2, -0.15) is 0 Å². The van der Waals surface area contributed by atoms with E-state index in [9.17, 15) is 9.90 Å². The second-order valence-corrected chi connectivity index (χ2v) is 8.59. The Morgan fingerprint density at radius 2 is 1.62 bits per heavy atom. The van der Waals surface area contributed by atoms with E-state index in [1.165, 1.54) is 4.90 Å². The van der Waals surface area contributed by atoms with Gasteiger partial charge in [-0.05, 0) is 45.0 Å². The lowest BCUT2D eigenvalue weighted by molar-refractivity contribution is 0.128. The summed E-state index contributed by atoms with van der Waals surface area (Å²) < 4.78 is 0. The number of para-hydroxylation sites is 2. The number of carbonyl (C=O) groups is 1. The molecule has 1 fully saturated rings. The highest BCUT2D eigenvalue weighted by Gasteiger charge is 2.28. The topological polar surface area (TPSA) is 63.2 Å². The minimum absolute atomic E-state index is 0.208. The molecule has 3 heterocycles. The van der Waals surface area contributed by atoms with Crippen LogP contribution in [0, 0.1) is 0 Å². The minimum atomic E-state index is -0.921. The van der Waals surface area contributed by atoms with Crippen LogP contribution in [-0.4, -0.2) is 65.9 Å². The van der Waals surface area contributed by atoms with Crippen LogP contribution in [0.3, 0.4) is 0 Å². The van der Waals surface area contributed by atoms with E-state index in [-0.39, 0.29) is 5.54 Å². The first kappa shape index (κ1) is 19.5. The number of piperazine rings is 1. The zero-order valence-corrected chi connectivity index (χ0v) is 17.4. The number of anilines is 4. The van der Waals surface area contributed by atoms with Crippen molar-refractivity contribution in [1.82, 2.24) is 9.88 Å². The number of hydrogen-bond donors (Lipinski definition) is 1. The molecule has 2 aliphatic heterocycles. The molecule has 0 atom stereocenters. The lowest BCUT2D eigenvalue weighted by Gasteiger charge is -2.43. The molecule has 0 unspecified atom stereocenters. The molecular formula is C22H29N5O2. The maximum Gasteiger partial charge on any atom is 0.411 e. The molecule has 0 bridgehead atoms. The number of pyridine rings is 1. The van der Waals surface area contributed by atoms with Crippen molar-refractivity contribution in [2.75, 3.05) is 54.0 Å². The van der Waals surface area contributed by atoms with E-state index >= 15 is 0 Å². The number of aromatic nitrogens is 1. The average molecular weight is 396 g/mol. The van der Waals surface area contributed by atoms with Crippen molar-refractivity contribution < 1.29 is 9.90 Å². The van der Waals surface area contributed by atoms with Crippen LogP contribution in [0.4, 0.5) is 27.7 Å². The molecule has 2 aliphatic rings. The third kappa shape index (κ3) is 3.87. The number of benzene rings is 1. The molecule has 2 aromatic rings. The molecule has 29 heavy (non-hydrogen) atoms. The predicted molar refractivity (Wildman–Crippen MR) is 117 cm³/mol. The van der Waals surface area contributed by atoms with Crippen molar-refractivity contribution in [3.8, 4) is 0 Å². The van der Waals surface area contributed by atoms with E-state index in [1.54, 1.807) is 0 Å². The van der Waals surface area contributed by atoms with Gasteiger partial charge < -0.3 is 14.9 Å². The predicted octanol–water partition coefficient (Wildman–Crippen LogP) is 3.64. The lowest BCUT2D eigenvalue weighted by atomic mass is 10.0. The number of rotatable bonds is 2. The molecule has 1 amide bonds. The molecule has 0 saturated carbocycles. The summed E-state index contributed by atoms with van der Waals surface area (Å²) in [5, 5.41) is 9.47. The molecule has 0 aliphatic carbocycles. The van der Waals surface area contributed by atoms with Gasteiger partial charge in [0.15, 0.2) is 0 Å². The van der Waals surface area contributed by atoms with Crippen LogP contribution in [0.2, 0.25) is 0 Å². The second kappa shape index (κ2) is 7.55. The quantitative estimate of drug-likeness (QED) is 0.838. The molecule has 1 aromatic heterocycles. The van der Waals surface area contributed by atoms with Crippen molar-refractivity contribution in [3.63, 3.8) is 0 Å². The van der Waals surface area contributed by atoms with Crippen LogP contribution in [0.25, 0.3) is 0 Å². The molecule has 7 heteroatoms. The summed E-state index contributed by atoms with van der Waals surface area (Å²) in [5.74, 6) is 0.847. The van der Waals surface area contributed by atoms with E-state index in [2.05, 4.69) is 41.5 Å². The van der Waals surface area contributed by atoms with E-state index in [0.717, 1.165) is 43.4 Å². The molecular weight excluding hydrogens is 366 g/mol. The molecule has 0 radical (unpaired) electrons. The second-order valence-electron chi connectivity index (χ2n) is 8.59. The third-order valence-corrected chi connectivity index (χ3v) is 5.84. The van der Waals surface area contributed by atoms with Crippen molar-refractivity contribution >= 4 is 29.0 Å². The fourth-order valence-electron chi connectivity index (χ4n) is 4.16. The normalized spacial score (nSPS) is 18.0. The summed E-state index contributed by atoms with van der Waals surface area (Å²) in [6.07, 6.45) is 1.02. The number of amides is 1. The van der Waals surface area contributed by atoms with Crippen LogP contribution in [-0.2, 0) is 0 Å². The Hall–Kier alpha value is -2.80. The smallest absolute Gasteiger partial charge is 0.411 e. The Kier molecular flexibility index (Phi) is 5.08. The van der Waals surface area contributed by atoms with Gasteiger partial charge in [0.05, 0.1) is 23.3 Å². The van der Waals surface area contributed by atoms with Crippen molar-refractivity contribution in [2.45, 2.75) is 26.3 Å². The van der Waals surface area contributed by atoms with Gasteiger partial charge in [0.1, 0.15) is 5.82 Å². The Morgan fingerprint density at radius 3 is 2.21 bits per heavy atom. The fraction of sp³-hybridized carbons (Fsp3) is 0.455. The van der Waals surface area contributed by atoms with Gasteiger partial charge >= 0.3 is 6.09 Å². The molecule has 1 saturated heterocycles. The molecule has 0 spiro atoms. The van der Waals surface area contributed by atoms with Crippen LogP contribution >= 0.6 is 0 Å². The maximum atomic E-state index is 11.5. The SMILES string of the molecule is CC(C)(C)N1CCN(c2ccc(N3CCN(C(=O)O)c4ccccc43)nc2)CC1. The Balaban J connectivity index is 1.50. The van der Waals surface area contributed by atoms with Crippen LogP contribution < -0.4 is 14.7 Å². The van der Waals surface area contributed by atoms with Gasteiger partial charge in [-0.1, -0.05) is 12.1 Å². The monoisotopic (exact) mass is 395 g/mol. The first-order valence-electron chi connectivity index (χ1n) is 10.2. The van der Waals surface area contributed by atoms with Gasteiger partial charge in [-0.15, -0.1) is 0 Å². The lowest BCUT2D eigenvalue weighted by Crippen LogP contribution is -2.53. The van der Waals surface area contributed by atoms with E-state index < -0.39 is 6.09 Å². The Bertz CT molecular complexity index is 870. The van der Waals surface area contributed by atoms with Gasteiger partial charge in [-0.3, -0.25) is 9.80 Å². The van der Waals surface area contributed by atoms with Crippen molar-refractivity contribution in [2.24, 2.45) is 0 Å². The van der Waals surface area contributed by atoms with Gasteiger partial charge in [0, 0.05) is 44.8 Å². The van der Waals surface area contributed by atoms with E-state index in [0.29, 0.717) is 18.8 Å². The fourth-order valence-corrected chi connectivity index (χ4v) is 4.16. The van der Waals surface area contributed by atoms with Gasteiger partial charge in [0.2, 0.25) is 0 Å². The van der Waals surface area contributed by atoms with Crippen LogP contribution in [0.5, 0.6) is 0 Å². The number of carboxylic acid groups (broad SMARTS) is 1. The molecule has 4 rings (SSSR count). The number of fused-ring (bicyclic) bond motifs is 1. The largest absolute Gasteiger partial charge is 0.465 e. The highest BCUT2D eigenvalue weighted by molar-refractivity contribution is 5.93. The molecule has 7 nitrogen and oxygen atoms in total. The average Bonchev–Trinajstić information content (AvgIpc) is 2.72. The zero-order chi connectivity index (χ0) is 20.6. The number of nitrogens with zero attached hydrogens (tertiary/aromatic N) is 5. The molecule has 1 aromatic carbocycles. The first-order valence-corrected chi connectivity index (χ1v) is 10.2. The summed E-state index contributed by atoms with van der Waals surface area (Å²) in [7, 11) is 0. The van der Waals surface area contributed by atoms with Crippen molar-refractivity contribution in [1.29, 1.82) is 0 Å². The summed E-state index contributed by atoms with van der Waals surface area (Å²) in [6.45, 7) is 11.9. The van der Waals surface area contributed by atoms with E-state index in [4.69, 9.17) is 4.98 Å². The summed E-state index contributed by atoms with van der Waals surface area (Å²) in [6, 6.07) is 11.8. The third-order valence-electron chi connectivity index (χ3n) is 5.84. The van der Waals surface area contributed by atoms with Crippen LogP contribution in [0.1, 0.15) is 20.8 Å². The van der Waals surface area contributed by atoms with Gasteiger partial charge in [-0.25, -0.2) is 9.78 Å². The zero-order valence-electron chi connectivity index (χ0n) is 17.4. The molecule has 1 N–H and O–H groups in total. The minimum Gasteiger partial charge on any atom is -0.465 e.